The molecule has 0 bridgehead atoms. The van der Waals surface area contributed by atoms with Crippen LogP contribution in [0.25, 0.3) is 0 Å². The molecule has 0 spiro atoms. The van der Waals surface area contributed by atoms with Crippen molar-refractivity contribution in [1.82, 2.24) is 0 Å². The lowest BCUT2D eigenvalue weighted by molar-refractivity contribution is 0.303. The molecule has 0 aliphatic carbocycles. The molecule has 1 aromatic carbocycles. The summed E-state index contributed by atoms with van der Waals surface area (Å²) in [6.07, 6.45) is 4.49. The van der Waals surface area contributed by atoms with E-state index in [1.807, 2.05) is 18.2 Å². The maximum atomic E-state index is 5.74. The summed E-state index contributed by atoms with van der Waals surface area (Å²) in [5.41, 5.74) is 6.77. The molecule has 0 atom stereocenters. The molecule has 0 aliphatic heterocycles. The van der Waals surface area contributed by atoms with Gasteiger partial charge in [-0.05, 0) is 31.0 Å². The van der Waals surface area contributed by atoms with Crippen molar-refractivity contribution in [2.45, 2.75) is 32.6 Å². The van der Waals surface area contributed by atoms with Gasteiger partial charge in [-0.15, -0.1) is 12.4 Å². The average Bonchev–Trinajstić information content (AvgIpc) is 2.27. The van der Waals surface area contributed by atoms with Gasteiger partial charge in [0.1, 0.15) is 5.75 Å². The highest BCUT2D eigenvalue weighted by atomic mass is 35.5. The van der Waals surface area contributed by atoms with Crippen LogP contribution in [0.4, 0.5) is 0 Å². The van der Waals surface area contributed by atoms with E-state index in [9.17, 15) is 0 Å². The molecule has 0 fully saturated rings. The lowest BCUT2D eigenvalue weighted by Gasteiger charge is -2.10. The third kappa shape index (κ3) is 5.38. The van der Waals surface area contributed by atoms with Crippen molar-refractivity contribution in [3.8, 4) is 5.75 Å². The van der Waals surface area contributed by atoms with E-state index in [2.05, 4.69) is 13.0 Å². The lowest BCUT2D eigenvalue weighted by Crippen LogP contribution is -2.06. The van der Waals surface area contributed by atoms with E-state index in [-0.39, 0.29) is 12.4 Å². The normalized spacial score (nSPS) is 9.62. The van der Waals surface area contributed by atoms with Crippen LogP contribution in [0.2, 0.25) is 0 Å². The van der Waals surface area contributed by atoms with Crippen molar-refractivity contribution in [3.05, 3.63) is 29.8 Å². The van der Waals surface area contributed by atoms with Crippen molar-refractivity contribution in [3.63, 3.8) is 0 Å². The van der Waals surface area contributed by atoms with Gasteiger partial charge in [0.05, 0.1) is 6.61 Å². The van der Waals surface area contributed by atoms with Crippen LogP contribution in [0, 0.1) is 0 Å². The van der Waals surface area contributed by atoms with Crippen LogP contribution in [0.15, 0.2) is 24.3 Å². The first-order chi connectivity index (χ1) is 7.38. The van der Waals surface area contributed by atoms with Crippen molar-refractivity contribution in [2.75, 3.05) is 13.2 Å². The number of nitrogens with two attached hydrogens (primary N) is 1. The Hall–Kier alpha value is -0.730. The fourth-order valence-electron chi connectivity index (χ4n) is 1.54. The summed E-state index contributed by atoms with van der Waals surface area (Å²) in [7, 11) is 0. The van der Waals surface area contributed by atoms with Crippen LogP contribution < -0.4 is 10.5 Å². The smallest absolute Gasteiger partial charge is 0.122 e. The van der Waals surface area contributed by atoms with Gasteiger partial charge < -0.3 is 10.5 Å². The number of halogens is 1. The molecule has 2 N–H and O–H groups in total. The summed E-state index contributed by atoms with van der Waals surface area (Å²) >= 11 is 0. The van der Waals surface area contributed by atoms with E-state index in [4.69, 9.17) is 10.5 Å². The number of unbranched alkanes of at least 4 members (excludes halogenated alkanes) is 2. The highest BCUT2D eigenvalue weighted by Gasteiger charge is 2.00. The number of hydrogen-bond donors (Lipinski definition) is 1. The van der Waals surface area contributed by atoms with E-state index >= 15 is 0 Å². The van der Waals surface area contributed by atoms with Gasteiger partial charge >= 0.3 is 0 Å². The molecule has 0 amide bonds. The predicted molar refractivity (Wildman–Crippen MR) is 71.5 cm³/mol. The summed E-state index contributed by atoms with van der Waals surface area (Å²) in [6.45, 7) is 3.69. The van der Waals surface area contributed by atoms with E-state index in [1.54, 1.807) is 0 Å². The minimum atomic E-state index is 0. The van der Waals surface area contributed by atoms with Gasteiger partial charge in [0.25, 0.3) is 0 Å². The summed E-state index contributed by atoms with van der Waals surface area (Å²) in [6, 6.07) is 8.15. The second-order valence-corrected chi connectivity index (χ2v) is 3.70. The molecule has 0 saturated carbocycles. The quantitative estimate of drug-likeness (QED) is 0.747. The fourth-order valence-corrected chi connectivity index (χ4v) is 1.54. The Morgan fingerprint density at radius 3 is 2.62 bits per heavy atom. The van der Waals surface area contributed by atoms with E-state index in [0.717, 1.165) is 25.2 Å². The van der Waals surface area contributed by atoms with Crippen LogP contribution >= 0.6 is 12.4 Å². The maximum absolute atomic E-state index is 5.74. The number of benzene rings is 1. The minimum absolute atomic E-state index is 0. The first kappa shape index (κ1) is 15.3. The SMILES string of the molecule is CCCCCOc1ccccc1CCN.Cl. The van der Waals surface area contributed by atoms with Crippen LogP contribution in [-0.2, 0) is 6.42 Å². The zero-order valence-electron chi connectivity index (χ0n) is 9.95. The van der Waals surface area contributed by atoms with Crippen molar-refractivity contribution in [2.24, 2.45) is 5.73 Å². The number of ether oxygens (including phenoxy) is 1. The number of para-hydroxylation sites is 1. The second-order valence-electron chi connectivity index (χ2n) is 3.70. The Kier molecular flexibility index (Phi) is 9.06. The number of rotatable bonds is 7. The molecular formula is C13H22ClNO. The van der Waals surface area contributed by atoms with Gasteiger partial charge in [-0.2, -0.15) is 0 Å². The molecule has 1 rings (SSSR count). The Labute approximate surface area is 105 Å². The molecule has 1 aromatic rings. The van der Waals surface area contributed by atoms with Crippen molar-refractivity contribution >= 4 is 12.4 Å². The molecule has 0 unspecified atom stereocenters. The third-order valence-corrected chi connectivity index (χ3v) is 2.39. The summed E-state index contributed by atoms with van der Waals surface area (Å²) < 4.78 is 5.74. The first-order valence-electron chi connectivity index (χ1n) is 5.79. The Morgan fingerprint density at radius 2 is 1.94 bits per heavy atom. The van der Waals surface area contributed by atoms with Gasteiger partial charge in [0.15, 0.2) is 0 Å². The highest BCUT2D eigenvalue weighted by molar-refractivity contribution is 5.85. The number of hydrogen-bond acceptors (Lipinski definition) is 2. The summed E-state index contributed by atoms with van der Waals surface area (Å²) in [4.78, 5) is 0. The Morgan fingerprint density at radius 1 is 1.19 bits per heavy atom. The average molecular weight is 244 g/mol. The molecule has 0 heterocycles. The van der Waals surface area contributed by atoms with Crippen molar-refractivity contribution in [1.29, 1.82) is 0 Å². The van der Waals surface area contributed by atoms with Gasteiger partial charge in [0.2, 0.25) is 0 Å². The van der Waals surface area contributed by atoms with Gasteiger partial charge in [0, 0.05) is 0 Å². The van der Waals surface area contributed by atoms with Crippen molar-refractivity contribution < 1.29 is 4.74 Å². The van der Waals surface area contributed by atoms with E-state index < -0.39 is 0 Å². The van der Waals surface area contributed by atoms with E-state index in [0.29, 0.717) is 6.54 Å². The van der Waals surface area contributed by atoms with E-state index in [1.165, 1.54) is 18.4 Å². The highest BCUT2D eigenvalue weighted by Crippen LogP contribution is 2.18. The zero-order chi connectivity index (χ0) is 10.9. The Bertz CT molecular complexity index is 278. The van der Waals surface area contributed by atoms with Crippen LogP contribution in [0.3, 0.4) is 0 Å². The molecule has 0 aromatic heterocycles. The van der Waals surface area contributed by atoms with Gasteiger partial charge in [-0.1, -0.05) is 38.0 Å². The van der Waals surface area contributed by atoms with Crippen LogP contribution in [0.1, 0.15) is 31.7 Å². The molecule has 2 nitrogen and oxygen atoms in total. The summed E-state index contributed by atoms with van der Waals surface area (Å²) in [5.74, 6) is 0.999. The maximum Gasteiger partial charge on any atom is 0.122 e. The molecule has 0 aliphatic rings. The third-order valence-electron chi connectivity index (χ3n) is 2.39. The largest absolute Gasteiger partial charge is 0.493 e. The van der Waals surface area contributed by atoms with Crippen LogP contribution in [0.5, 0.6) is 5.75 Å². The molecule has 16 heavy (non-hydrogen) atoms. The molecular weight excluding hydrogens is 222 g/mol. The summed E-state index contributed by atoms with van der Waals surface area (Å²) in [5, 5.41) is 0. The fraction of sp³-hybridized carbons (Fsp3) is 0.538. The standard InChI is InChI=1S/C13H21NO.ClH/c1-2-3-6-11-15-13-8-5-4-7-12(13)9-10-14;/h4-5,7-8H,2-3,6,9-11,14H2,1H3;1H. The molecule has 92 valence electrons. The lowest BCUT2D eigenvalue weighted by atomic mass is 10.1. The van der Waals surface area contributed by atoms with Gasteiger partial charge in [-0.3, -0.25) is 0 Å². The monoisotopic (exact) mass is 243 g/mol. The first-order valence-corrected chi connectivity index (χ1v) is 5.79. The van der Waals surface area contributed by atoms with Gasteiger partial charge in [-0.25, -0.2) is 0 Å². The van der Waals surface area contributed by atoms with Crippen LogP contribution in [-0.4, -0.2) is 13.2 Å². The molecule has 0 saturated heterocycles. The zero-order valence-corrected chi connectivity index (χ0v) is 10.8. The topological polar surface area (TPSA) is 35.2 Å². The predicted octanol–water partition coefficient (Wildman–Crippen LogP) is 3.18. The molecule has 0 radical (unpaired) electrons. The minimum Gasteiger partial charge on any atom is -0.493 e. The second kappa shape index (κ2) is 9.49. The Balaban J connectivity index is 0.00000225. The molecule has 3 heteroatoms.